The number of rotatable bonds is 1. The summed E-state index contributed by atoms with van der Waals surface area (Å²) in [5.41, 5.74) is -0.494. The van der Waals surface area contributed by atoms with Crippen molar-refractivity contribution in [2.45, 2.75) is 37.8 Å². The molecule has 12 heavy (non-hydrogen) atoms. The molecule has 0 aromatic heterocycles. The molecule has 1 N–H and O–H groups in total. The molecule has 2 fully saturated rings. The van der Waals surface area contributed by atoms with E-state index < -0.39 is 5.60 Å². The number of Topliss-reactive ketones (excluding diaryl/α,β-unsaturated/α-hetero) is 1. The summed E-state index contributed by atoms with van der Waals surface area (Å²) in [5, 5.41) is 9.48. The summed E-state index contributed by atoms with van der Waals surface area (Å²) in [6.45, 7) is 3.33. The van der Waals surface area contributed by atoms with Crippen molar-refractivity contribution < 1.29 is 9.90 Å². The maximum Gasteiger partial charge on any atom is 0.134 e. The van der Waals surface area contributed by atoms with Gasteiger partial charge in [0.05, 0.1) is 5.60 Å². The first kappa shape index (κ1) is 8.20. The first-order chi connectivity index (χ1) is 5.57. The van der Waals surface area contributed by atoms with Gasteiger partial charge in [0.1, 0.15) is 5.78 Å². The number of ketones is 1. The number of hydrogen-bond acceptors (Lipinski definition) is 3. The van der Waals surface area contributed by atoms with E-state index in [1.54, 1.807) is 0 Å². The van der Waals surface area contributed by atoms with Crippen LogP contribution in [0, 0.1) is 0 Å². The average molecular weight is 169 g/mol. The molecule has 1 unspecified atom stereocenters. The molecule has 1 heterocycles. The lowest BCUT2D eigenvalue weighted by Gasteiger charge is -2.47. The zero-order valence-corrected chi connectivity index (χ0v) is 7.42. The van der Waals surface area contributed by atoms with E-state index in [2.05, 4.69) is 4.90 Å². The predicted octanol–water partition coefficient (Wildman–Crippen LogP) is 0.175. The summed E-state index contributed by atoms with van der Waals surface area (Å²) in [7, 11) is 0. The van der Waals surface area contributed by atoms with E-state index in [-0.39, 0.29) is 0 Å². The lowest BCUT2D eigenvalue weighted by atomic mass is 9.94. The Morgan fingerprint density at radius 3 is 2.67 bits per heavy atom. The Hall–Kier alpha value is -0.410. The largest absolute Gasteiger partial charge is 0.388 e. The normalized spacial score (nSPS) is 35.2. The molecule has 3 heteroatoms. The SMILES string of the molecule is CC1(O)CN(C2CCC(=O)C2)C1. The van der Waals surface area contributed by atoms with Crippen LogP contribution in [0.25, 0.3) is 0 Å². The number of carbonyl (C=O) groups is 1. The summed E-state index contributed by atoms with van der Waals surface area (Å²) in [5.74, 6) is 0.381. The number of carbonyl (C=O) groups excluding carboxylic acids is 1. The van der Waals surface area contributed by atoms with Gasteiger partial charge in [-0.15, -0.1) is 0 Å². The minimum atomic E-state index is -0.494. The molecule has 1 aliphatic heterocycles. The zero-order chi connectivity index (χ0) is 8.77. The van der Waals surface area contributed by atoms with Crippen molar-refractivity contribution in [1.82, 2.24) is 4.90 Å². The van der Waals surface area contributed by atoms with E-state index in [1.807, 2.05) is 6.92 Å². The van der Waals surface area contributed by atoms with E-state index >= 15 is 0 Å². The van der Waals surface area contributed by atoms with Crippen LogP contribution in [0.3, 0.4) is 0 Å². The number of β-amino-alcohol motifs (C(OH)–C–C–N with tert-alkyl or cyclic N) is 1. The van der Waals surface area contributed by atoms with Gasteiger partial charge in [-0.05, 0) is 13.3 Å². The third-order valence-electron chi connectivity index (χ3n) is 2.82. The molecule has 0 bridgehead atoms. The second kappa shape index (κ2) is 2.54. The summed E-state index contributed by atoms with van der Waals surface area (Å²) in [6, 6.07) is 0.428. The molecular formula is C9H15NO2. The Kier molecular flexibility index (Phi) is 1.73. The molecule has 1 atom stereocenters. The van der Waals surface area contributed by atoms with Crippen molar-refractivity contribution in [1.29, 1.82) is 0 Å². The molecule has 68 valence electrons. The van der Waals surface area contributed by atoms with Crippen molar-refractivity contribution in [3.05, 3.63) is 0 Å². The fourth-order valence-electron chi connectivity index (χ4n) is 2.19. The number of aliphatic hydroxyl groups is 1. The van der Waals surface area contributed by atoms with Crippen molar-refractivity contribution in [3.63, 3.8) is 0 Å². The molecule has 0 aromatic carbocycles. The quantitative estimate of drug-likeness (QED) is 0.608. The molecule has 3 nitrogen and oxygen atoms in total. The van der Waals surface area contributed by atoms with Crippen molar-refractivity contribution in [3.8, 4) is 0 Å². The fraction of sp³-hybridized carbons (Fsp3) is 0.889. The van der Waals surface area contributed by atoms with Crippen LogP contribution in [0.5, 0.6) is 0 Å². The lowest BCUT2D eigenvalue weighted by Crippen LogP contribution is -2.62. The van der Waals surface area contributed by atoms with Crippen LogP contribution in [0.1, 0.15) is 26.2 Å². The molecule has 1 aliphatic carbocycles. The van der Waals surface area contributed by atoms with Gasteiger partial charge in [0.2, 0.25) is 0 Å². The standard InChI is InChI=1S/C9H15NO2/c1-9(12)5-10(6-9)7-2-3-8(11)4-7/h7,12H,2-6H2,1H3. The van der Waals surface area contributed by atoms with Gasteiger partial charge in [-0.25, -0.2) is 0 Å². The van der Waals surface area contributed by atoms with E-state index in [4.69, 9.17) is 0 Å². The maximum atomic E-state index is 11.0. The van der Waals surface area contributed by atoms with Crippen LogP contribution in [0.15, 0.2) is 0 Å². The highest BCUT2D eigenvalue weighted by Gasteiger charge is 2.42. The highest BCUT2D eigenvalue weighted by atomic mass is 16.3. The van der Waals surface area contributed by atoms with Gasteiger partial charge < -0.3 is 5.11 Å². The molecule has 2 rings (SSSR count). The summed E-state index contributed by atoms with van der Waals surface area (Å²) in [4.78, 5) is 13.2. The molecule has 0 spiro atoms. The number of likely N-dealkylation sites (tertiary alicyclic amines) is 1. The van der Waals surface area contributed by atoms with Gasteiger partial charge in [0, 0.05) is 32.0 Å². The highest BCUT2D eigenvalue weighted by molar-refractivity contribution is 5.81. The van der Waals surface area contributed by atoms with Crippen LogP contribution < -0.4 is 0 Å². The monoisotopic (exact) mass is 169 g/mol. The first-order valence-corrected chi connectivity index (χ1v) is 4.55. The van der Waals surface area contributed by atoms with Crippen LogP contribution in [-0.4, -0.2) is 40.5 Å². The minimum absolute atomic E-state index is 0.381. The smallest absolute Gasteiger partial charge is 0.134 e. The Balaban J connectivity index is 1.85. The molecule has 1 saturated carbocycles. The Morgan fingerprint density at radius 2 is 2.25 bits per heavy atom. The van der Waals surface area contributed by atoms with Gasteiger partial charge in [-0.1, -0.05) is 0 Å². The molecule has 0 amide bonds. The lowest BCUT2D eigenvalue weighted by molar-refractivity contribution is -0.120. The fourth-order valence-corrected chi connectivity index (χ4v) is 2.19. The van der Waals surface area contributed by atoms with Crippen LogP contribution in [0.2, 0.25) is 0 Å². The molecular weight excluding hydrogens is 154 g/mol. The van der Waals surface area contributed by atoms with Gasteiger partial charge in [0.25, 0.3) is 0 Å². The summed E-state index contributed by atoms with van der Waals surface area (Å²) in [6.07, 6.45) is 2.44. The first-order valence-electron chi connectivity index (χ1n) is 4.55. The Labute approximate surface area is 72.4 Å². The second-order valence-corrected chi connectivity index (χ2v) is 4.34. The Bertz CT molecular complexity index is 205. The van der Waals surface area contributed by atoms with Crippen LogP contribution >= 0.6 is 0 Å². The summed E-state index contributed by atoms with van der Waals surface area (Å²) >= 11 is 0. The molecule has 0 radical (unpaired) electrons. The number of hydrogen-bond donors (Lipinski definition) is 1. The highest BCUT2D eigenvalue weighted by Crippen LogP contribution is 2.29. The molecule has 0 aromatic rings. The molecule has 1 saturated heterocycles. The predicted molar refractivity (Wildman–Crippen MR) is 44.8 cm³/mol. The van der Waals surface area contributed by atoms with Crippen LogP contribution in [-0.2, 0) is 4.79 Å². The van der Waals surface area contributed by atoms with Gasteiger partial charge in [-0.2, -0.15) is 0 Å². The van der Waals surface area contributed by atoms with Crippen LogP contribution in [0.4, 0.5) is 0 Å². The van der Waals surface area contributed by atoms with Crippen molar-refractivity contribution >= 4 is 5.78 Å². The van der Waals surface area contributed by atoms with E-state index in [1.165, 1.54) is 0 Å². The third-order valence-corrected chi connectivity index (χ3v) is 2.82. The third kappa shape index (κ3) is 1.39. The minimum Gasteiger partial charge on any atom is -0.388 e. The van der Waals surface area contributed by atoms with Gasteiger partial charge >= 0.3 is 0 Å². The van der Waals surface area contributed by atoms with Crippen molar-refractivity contribution in [2.75, 3.05) is 13.1 Å². The topological polar surface area (TPSA) is 40.5 Å². The number of nitrogens with zero attached hydrogens (tertiary/aromatic N) is 1. The van der Waals surface area contributed by atoms with Crippen molar-refractivity contribution in [2.24, 2.45) is 0 Å². The Morgan fingerprint density at radius 1 is 1.58 bits per heavy atom. The maximum absolute atomic E-state index is 11.0. The van der Waals surface area contributed by atoms with E-state index in [0.717, 1.165) is 25.9 Å². The van der Waals surface area contributed by atoms with E-state index in [9.17, 15) is 9.90 Å². The zero-order valence-electron chi connectivity index (χ0n) is 7.42. The summed E-state index contributed by atoms with van der Waals surface area (Å²) < 4.78 is 0. The average Bonchev–Trinajstić information content (AvgIpc) is 2.30. The van der Waals surface area contributed by atoms with E-state index in [0.29, 0.717) is 18.2 Å². The van der Waals surface area contributed by atoms with Gasteiger partial charge in [-0.3, -0.25) is 9.69 Å². The van der Waals surface area contributed by atoms with Gasteiger partial charge in [0.15, 0.2) is 0 Å². The molecule has 2 aliphatic rings. The second-order valence-electron chi connectivity index (χ2n) is 4.34.